The van der Waals surface area contributed by atoms with Crippen LogP contribution in [-0.2, 0) is 9.53 Å². The zero-order valence-corrected chi connectivity index (χ0v) is 10.5. The molecule has 0 radical (unpaired) electrons. The second-order valence-electron chi connectivity index (χ2n) is 5.19. The molecule has 2 unspecified atom stereocenters. The molecule has 1 aliphatic carbocycles. The Kier molecular flexibility index (Phi) is 4.74. The number of ether oxygens (including phenoxy) is 1. The molecule has 0 saturated heterocycles. The van der Waals surface area contributed by atoms with E-state index in [1.165, 1.54) is 0 Å². The smallest absolute Gasteiger partial charge is 0.223 e. The summed E-state index contributed by atoms with van der Waals surface area (Å²) in [6, 6.07) is 0.144. The average molecular weight is 229 g/mol. The highest BCUT2D eigenvalue weighted by Crippen LogP contribution is 2.25. The normalized spacial score (nSPS) is 25.8. The van der Waals surface area contributed by atoms with Crippen LogP contribution in [0.25, 0.3) is 0 Å². The van der Waals surface area contributed by atoms with Crippen LogP contribution < -0.4 is 5.32 Å². The van der Waals surface area contributed by atoms with Crippen LogP contribution in [0.3, 0.4) is 0 Å². The number of carbonyl (C=O) groups is 1. The van der Waals surface area contributed by atoms with E-state index in [1.54, 1.807) is 7.11 Å². The van der Waals surface area contributed by atoms with E-state index in [9.17, 15) is 4.79 Å². The molecule has 1 fully saturated rings. The molecular formula is C12H23NO3. The van der Waals surface area contributed by atoms with E-state index in [0.29, 0.717) is 6.42 Å². The Morgan fingerprint density at radius 3 is 2.75 bits per heavy atom. The second-order valence-corrected chi connectivity index (χ2v) is 5.19. The third-order valence-electron chi connectivity index (χ3n) is 3.38. The number of hydrogen-bond donors (Lipinski definition) is 2. The van der Waals surface area contributed by atoms with E-state index in [1.807, 2.05) is 13.8 Å². The first kappa shape index (κ1) is 13.5. The van der Waals surface area contributed by atoms with Crippen molar-refractivity contribution < 1.29 is 14.6 Å². The average Bonchev–Trinajstić information content (AvgIpc) is 2.64. The monoisotopic (exact) mass is 229 g/mol. The minimum atomic E-state index is -0.419. The molecule has 1 saturated carbocycles. The van der Waals surface area contributed by atoms with Crippen molar-refractivity contribution in [2.45, 2.75) is 51.2 Å². The molecular weight excluding hydrogens is 206 g/mol. The summed E-state index contributed by atoms with van der Waals surface area (Å²) in [6.07, 6.45) is 3.43. The fraction of sp³-hybridized carbons (Fsp3) is 0.917. The lowest BCUT2D eigenvalue weighted by Gasteiger charge is -2.25. The van der Waals surface area contributed by atoms with Gasteiger partial charge in [-0.15, -0.1) is 0 Å². The molecule has 0 spiro atoms. The summed E-state index contributed by atoms with van der Waals surface area (Å²) in [5.74, 6) is 0.242. The molecule has 4 nitrogen and oxygen atoms in total. The van der Waals surface area contributed by atoms with Gasteiger partial charge in [0.15, 0.2) is 0 Å². The van der Waals surface area contributed by atoms with Crippen molar-refractivity contribution in [2.24, 2.45) is 5.92 Å². The third kappa shape index (κ3) is 3.76. The highest BCUT2D eigenvalue weighted by Gasteiger charge is 2.29. The van der Waals surface area contributed by atoms with Gasteiger partial charge in [0.25, 0.3) is 0 Å². The number of rotatable bonds is 5. The van der Waals surface area contributed by atoms with Crippen LogP contribution in [-0.4, -0.2) is 36.4 Å². The Morgan fingerprint density at radius 1 is 1.50 bits per heavy atom. The van der Waals surface area contributed by atoms with Crippen molar-refractivity contribution in [3.05, 3.63) is 0 Å². The minimum absolute atomic E-state index is 0.0113. The van der Waals surface area contributed by atoms with Crippen molar-refractivity contribution in [1.82, 2.24) is 5.32 Å². The summed E-state index contributed by atoms with van der Waals surface area (Å²) < 4.78 is 5.22. The summed E-state index contributed by atoms with van der Waals surface area (Å²) in [6.45, 7) is 3.95. The highest BCUT2D eigenvalue weighted by atomic mass is 16.5. The van der Waals surface area contributed by atoms with Crippen molar-refractivity contribution >= 4 is 5.91 Å². The van der Waals surface area contributed by atoms with Gasteiger partial charge in [-0.05, 0) is 26.7 Å². The number of methoxy groups -OCH3 is 1. The molecule has 1 amide bonds. The van der Waals surface area contributed by atoms with Crippen LogP contribution in [0.2, 0.25) is 0 Å². The lowest BCUT2D eigenvalue weighted by molar-refractivity contribution is -0.127. The molecule has 0 heterocycles. The quantitative estimate of drug-likeness (QED) is 0.741. The summed E-state index contributed by atoms with van der Waals surface area (Å²) in [5.41, 5.74) is -0.419. The predicted molar refractivity (Wildman–Crippen MR) is 62.1 cm³/mol. The number of nitrogens with one attached hydrogen (secondary N) is 1. The van der Waals surface area contributed by atoms with Crippen molar-refractivity contribution in [3.8, 4) is 0 Å². The van der Waals surface area contributed by atoms with E-state index < -0.39 is 5.60 Å². The molecule has 0 aromatic heterocycles. The molecule has 4 heteroatoms. The second kappa shape index (κ2) is 5.64. The van der Waals surface area contributed by atoms with Gasteiger partial charge in [0.1, 0.15) is 0 Å². The van der Waals surface area contributed by atoms with Crippen molar-refractivity contribution in [3.63, 3.8) is 0 Å². The van der Waals surface area contributed by atoms with Crippen LogP contribution >= 0.6 is 0 Å². The summed E-state index contributed by atoms with van der Waals surface area (Å²) in [4.78, 5) is 11.8. The largest absolute Gasteiger partial charge is 0.396 e. The number of aliphatic hydroxyl groups is 1. The van der Waals surface area contributed by atoms with E-state index in [0.717, 1.165) is 19.3 Å². The Bertz CT molecular complexity index is 240. The van der Waals surface area contributed by atoms with Crippen molar-refractivity contribution in [1.29, 1.82) is 0 Å². The number of carbonyl (C=O) groups excluding carboxylic acids is 1. The molecule has 0 aromatic carbocycles. The van der Waals surface area contributed by atoms with E-state index >= 15 is 0 Å². The van der Waals surface area contributed by atoms with Gasteiger partial charge in [-0.1, -0.05) is 6.42 Å². The fourth-order valence-corrected chi connectivity index (χ4v) is 2.16. The highest BCUT2D eigenvalue weighted by molar-refractivity contribution is 5.77. The molecule has 2 atom stereocenters. The van der Waals surface area contributed by atoms with Gasteiger partial charge in [-0.3, -0.25) is 4.79 Å². The molecule has 2 N–H and O–H groups in total. The van der Waals surface area contributed by atoms with Gasteiger partial charge in [-0.2, -0.15) is 0 Å². The van der Waals surface area contributed by atoms with E-state index in [2.05, 4.69) is 5.32 Å². The molecule has 94 valence electrons. The van der Waals surface area contributed by atoms with Crippen LogP contribution in [0.1, 0.15) is 39.5 Å². The first-order valence-electron chi connectivity index (χ1n) is 5.94. The Balaban J connectivity index is 2.39. The number of amides is 1. The predicted octanol–water partition coefficient (Wildman–Crippen LogP) is 1.08. The van der Waals surface area contributed by atoms with E-state index in [-0.39, 0.29) is 24.5 Å². The maximum absolute atomic E-state index is 11.8. The van der Waals surface area contributed by atoms with Crippen LogP contribution in [0, 0.1) is 5.92 Å². The maximum Gasteiger partial charge on any atom is 0.223 e. The van der Waals surface area contributed by atoms with Gasteiger partial charge < -0.3 is 15.2 Å². The van der Waals surface area contributed by atoms with Gasteiger partial charge in [0.2, 0.25) is 5.91 Å². The Morgan fingerprint density at radius 2 is 2.19 bits per heavy atom. The molecule has 16 heavy (non-hydrogen) atoms. The molecule has 1 aliphatic rings. The van der Waals surface area contributed by atoms with Gasteiger partial charge in [0, 0.05) is 25.7 Å². The Labute approximate surface area is 97.4 Å². The van der Waals surface area contributed by atoms with Gasteiger partial charge >= 0.3 is 0 Å². The Hall–Kier alpha value is -0.610. The third-order valence-corrected chi connectivity index (χ3v) is 3.38. The zero-order valence-electron chi connectivity index (χ0n) is 10.5. The molecule has 1 rings (SSSR count). The summed E-state index contributed by atoms with van der Waals surface area (Å²) in [7, 11) is 1.61. The maximum atomic E-state index is 11.8. The lowest BCUT2D eigenvalue weighted by Crippen LogP contribution is -2.41. The minimum Gasteiger partial charge on any atom is -0.396 e. The van der Waals surface area contributed by atoms with Gasteiger partial charge in [-0.25, -0.2) is 0 Å². The van der Waals surface area contributed by atoms with Gasteiger partial charge in [0.05, 0.1) is 12.0 Å². The number of hydrogen-bond acceptors (Lipinski definition) is 3. The lowest BCUT2D eigenvalue weighted by atomic mass is 10.0. The molecule has 0 bridgehead atoms. The summed E-state index contributed by atoms with van der Waals surface area (Å²) >= 11 is 0. The first-order valence-corrected chi connectivity index (χ1v) is 5.94. The first-order chi connectivity index (χ1) is 7.48. The SMILES string of the molecule is COC(C)(C)CC(=O)NC1CCCC1CO. The van der Waals surface area contributed by atoms with Crippen LogP contribution in [0.15, 0.2) is 0 Å². The van der Waals surface area contributed by atoms with Crippen molar-refractivity contribution in [2.75, 3.05) is 13.7 Å². The molecule has 0 aliphatic heterocycles. The van der Waals surface area contributed by atoms with Crippen LogP contribution in [0.5, 0.6) is 0 Å². The molecule has 0 aromatic rings. The number of aliphatic hydroxyl groups excluding tert-OH is 1. The zero-order chi connectivity index (χ0) is 12.2. The summed E-state index contributed by atoms with van der Waals surface area (Å²) in [5, 5.41) is 12.1. The topological polar surface area (TPSA) is 58.6 Å². The standard InChI is InChI=1S/C12H23NO3/c1-12(2,16-3)7-11(15)13-10-6-4-5-9(10)8-14/h9-10,14H,4-8H2,1-3H3,(H,13,15). The van der Waals surface area contributed by atoms with Crippen LogP contribution in [0.4, 0.5) is 0 Å². The van der Waals surface area contributed by atoms with E-state index in [4.69, 9.17) is 9.84 Å². The fourth-order valence-electron chi connectivity index (χ4n) is 2.16.